The van der Waals surface area contributed by atoms with Crippen LogP contribution in [0.5, 0.6) is 0 Å². The van der Waals surface area contributed by atoms with Gasteiger partial charge in [-0.25, -0.2) is 0 Å². The van der Waals surface area contributed by atoms with E-state index in [1.54, 1.807) is 36.0 Å². The van der Waals surface area contributed by atoms with Crippen LogP contribution in [0, 0.1) is 15.3 Å². The zero-order valence-corrected chi connectivity index (χ0v) is 11.5. The average Bonchev–Trinajstić information content (AvgIpc) is 2.48. The quantitative estimate of drug-likeness (QED) is 0.215. The number of rotatable bonds is 4. The molecular formula is C14H12N2O3S. The summed E-state index contributed by atoms with van der Waals surface area (Å²) in [7, 11) is 0. The minimum Gasteiger partial charge on any atom is -0.618 e. The van der Waals surface area contributed by atoms with Gasteiger partial charge in [0.15, 0.2) is 6.21 Å². The van der Waals surface area contributed by atoms with Gasteiger partial charge in [-0.1, -0.05) is 0 Å². The molecule has 0 aliphatic heterocycles. The largest absolute Gasteiger partial charge is 0.618 e. The lowest BCUT2D eigenvalue weighted by Gasteiger charge is -2.03. The molecule has 0 radical (unpaired) electrons. The summed E-state index contributed by atoms with van der Waals surface area (Å²) in [4.78, 5) is 11.1. The fraction of sp³-hybridized carbons (Fsp3) is 0.0714. The molecule has 20 heavy (non-hydrogen) atoms. The molecule has 0 amide bonds. The van der Waals surface area contributed by atoms with E-state index in [2.05, 4.69) is 0 Å². The minimum atomic E-state index is -0.472. The number of thioether (sulfide) groups is 1. The maximum Gasteiger partial charge on any atom is 0.269 e. The Kier molecular flexibility index (Phi) is 4.37. The maximum atomic E-state index is 12.0. The van der Waals surface area contributed by atoms with Crippen LogP contribution in [0.15, 0.2) is 53.4 Å². The Bertz CT molecular complexity index is 636. The Morgan fingerprint density at radius 1 is 0.950 bits per heavy atom. The highest BCUT2D eigenvalue weighted by Gasteiger charge is 2.06. The summed E-state index contributed by atoms with van der Waals surface area (Å²) in [5.41, 5.74) is 1.13. The van der Waals surface area contributed by atoms with Crippen LogP contribution in [0.4, 0.5) is 11.4 Å². The van der Waals surface area contributed by atoms with Crippen LogP contribution in [0.3, 0.4) is 0 Å². The predicted octanol–water partition coefficient (Wildman–Crippen LogP) is 3.58. The van der Waals surface area contributed by atoms with Crippen LogP contribution in [-0.4, -0.2) is 22.1 Å². The van der Waals surface area contributed by atoms with Crippen LogP contribution in [-0.2, 0) is 0 Å². The first kappa shape index (κ1) is 14.1. The van der Waals surface area contributed by atoms with Crippen LogP contribution in [0.1, 0.15) is 5.56 Å². The lowest BCUT2D eigenvalue weighted by molar-refractivity contribution is -0.384. The molecule has 0 bridgehead atoms. The second-order valence-corrected chi connectivity index (χ2v) is 4.88. The van der Waals surface area contributed by atoms with Gasteiger partial charge in [0.2, 0.25) is 5.69 Å². The third-order valence-electron chi connectivity index (χ3n) is 2.70. The molecule has 0 saturated heterocycles. The molecule has 0 aliphatic rings. The highest BCUT2D eigenvalue weighted by molar-refractivity contribution is 7.98. The SMILES string of the molecule is CSc1ccc(/[N+]([O-])=C/c2ccc([N+](=O)[O-])cc2)cc1. The molecule has 0 heterocycles. The van der Waals surface area contributed by atoms with E-state index in [0.29, 0.717) is 11.3 Å². The molecule has 0 N–H and O–H groups in total. The van der Waals surface area contributed by atoms with Crippen molar-refractivity contribution < 1.29 is 9.66 Å². The molecule has 2 aromatic rings. The van der Waals surface area contributed by atoms with Crippen molar-refractivity contribution in [2.75, 3.05) is 6.26 Å². The van der Waals surface area contributed by atoms with Gasteiger partial charge in [0, 0.05) is 34.7 Å². The summed E-state index contributed by atoms with van der Waals surface area (Å²) in [5.74, 6) is 0. The number of nitro groups is 1. The van der Waals surface area contributed by atoms with E-state index in [0.717, 1.165) is 9.63 Å². The van der Waals surface area contributed by atoms with E-state index in [1.165, 1.54) is 18.3 Å². The topological polar surface area (TPSA) is 69.2 Å². The van der Waals surface area contributed by atoms with Crippen LogP contribution in [0.25, 0.3) is 0 Å². The second-order valence-electron chi connectivity index (χ2n) is 4.00. The van der Waals surface area contributed by atoms with Crippen molar-refractivity contribution in [3.63, 3.8) is 0 Å². The Labute approximate surface area is 120 Å². The van der Waals surface area contributed by atoms with Gasteiger partial charge in [-0.15, -0.1) is 11.8 Å². The summed E-state index contributed by atoms with van der Waals surface area (Å²) < 4.78 is 0.741. The van der Waals surface area contributed by atoms with E-state index in [9.17, 15) is 15.3 Å². The molecular weight excluding hydrogens is 276 g/mol. The van der Waals surface area contributed by atoms with Crippen molar-refractivity contribution >= 4 is 29.4 Å². The first-order valence-corrected chi connectivity index (χ1v) is 7.02. The maximum absolute atomic E-state index is 12.0. The molecule has 0 saturated carbocycles. The molecule has 0 fully saturated rings. The van der Waals surface area contributed by atoms with Gasteiger partial charge in [0.1, 0.15) is 0 Å². The molecule has 0 unspecified atom stereocenters. The molecule has 6 heteroatoms. The van der Waals surface area contributed by atoms with Crippen LogP contribution in [0.2, 0.25) is 0 Å². The Hall–Kier alpha value is -2.34. The summed E-state index contributed by atoms with van der Waals surface area (Å²) in [5, 5.41) is 22.5. The molecule has 5 nitrogen and oxygen atoms in total. The summed E-state index contributed by atoms with van der Waals surface area (Å²) in [6.45, 7) is 0. The molecule has 2 rings (SSSR count). The number of benzene rings is 2. The summed E-state index contributed by atoms with van der Waals surface area (Å²) in [6, 6.07) is 13.0. The fourth-order valence-electron chi connectivity index (χ4n) is 1.62. The van der Waals surface area contributed by atoms with Crippen molar-refractivity contribution in [1.82, 2.24) is 0 Å². The first-order chi connectivity index (χ1) is 9.60. The van der Waals surface area contributed by atoms with Gasteiger partial charge < -0.3 is 5.21 Å². The Morgan fingerprint density at radius 3 is 2.00 bits per heavy atom. The average molecular weight is 288 g/mol. The first-order valence-electron chi connectivity index (χ1n) is 5.80. The fourth-order valence-corrected chi connectivity index (χ4v) is 2.03. The van der Waals surface area contributed by atoms with Crippen molar-refractivity contribution in [2.45, 2.75) is 4.90 Å². The van der Waals surface area contributed by atoms with Gasteiger partial charge in [0.25, 0.3) is 5.69 Å². The lowest BCUT2D eigenvalue weighted by Crippen LogP contribution is -1.99. The highest BCUT2D eigenvalue weighted by Crippen LogP contribution is 2.19. The van der Waals surface area contributed by atoms with Crippen molar-refractivity contribution in [3.8, 4) is 0 Å². The number of hydrogen-bond donors (Lipinski definition) is 0. The van der Waals surface area contributed by atoms with E-state index < -0.39 is 4.92 Å². The van der Waals surface area contributed by atoms with Gasteiger partial charge in [-0.3, -0.25) is 10.1 Å². The van der Waals surface area contributed by atoms with E-state index in [1.807, 2.05) is 18.4 Å². The van der Waals surface area contributed by atoms with E-state index in [-0.39, 0.29) is 5.69 Å². The van der Waals surface area contributed by atoms with Crippen molar-refractivity contribution in [3.05, 3.63) is 69.4 Å². The molecule has 0 spiro atoms. The van der Waals surface area contributed by atoms with Gasteiger partial charge in [-0.05, 0) is 30.5 Å². The Morgan fingerprint density at radius 2 is 1.50 bits per heavy atom. The second kappa shape index (κ2) is 6.21. The molecule has 0 atom stereocenters. The zero-order chi connectivity index (χ0) is 14.5. The third kappa shape index (κ3) is 3.36. The summed E-state index contributed by atoms with van der Waals surface area (Å²) >= 11 is 1.60. The smallest absolute Gasteiger partial charge is 0.269 e. The molecule has 0 aromatic heterocycles. The Balaban J connectivity index is 2.22. The number of non-ortho nitro benzene ring substituents is 1. The normalized spacial score (nSPS) is 11.3. The van der Waals surface area contributed by atoms with E-state index in [4.69, 9.17) is 0 Å². The lowest BCUT2D eigenvalue weighted by atomic mass is 10.2. The molecule has 102 valence electrons. The minimum absolute atomic E-state index is 0.00363. The zero-order valence-electron chi connectivity index (χ0n) is 10.7. The monoisotopic (exact) mass is 288 g/mol. The van der Waals surface area contributed by atoms with Crippen molar-refractivity contribution in [1.29, 1.82) is 0 Å². The van der Waals surface area contributed by atoms with Gasteiger partial charge >= 0.3 is 0 Å². The molecule has 2 aromatic carbocycles. The number of hydrogen-bond acceptors (Lipinski definition) is 4. The van der Waals surface area contributed by atoms with E-state index >= 15 is 0 Å². The number of nitro benzene ring substituents is 1. The standard InChI is InChI=1S/C14H12N2O3S/c1-20-14-8-6-12(7-9-14)15(17)10-11-2-4-13(5-3-11)16(18)19/h2-10H,1H3/b15-10-. The highest BCUT2D eigenvalue weighted by atomic mass is 32.2. The molecule has 0 aliphatic carbocycles. The van der Waals surface area contributed by atoms with Crippen LogP contribution >= 0.6 is 11.8 Å². The third-order valence-corrected chi connectivity index (χ3v) is 3.44. The summed E-state index contributed by atoms with van der Waals surface area (Å²) in [6.07, 6.45) is 3.35. The van der Waals surface area contributed by atoms with Crippen LogP contribution < -0.4 is 0 Å². The van der Waals surface area contributed by atoms with Gasteiger partial charge in [-0.2, -0.15) is 4.74 Å². The predicted molar refractivity (Wildman–Crippen MR) is 79.8 cm³/mol. The van der Waals surface area contributed by atoms with Gasteiger partial charge in [0.05, 0.1) is 4.92 Å². The van der Waals surface area contributed by atoms with Crippen molar-refractivity contribution in [2.24, 2.45) is 0 Å². The number of nitrogens with zero attached hydrogens (tertiary/aromatic N) is 2.